The van der Waals surface area contributed by atoms with Gasteiger partial charge in [-0.2, -0.15) is 0 Å². The highest BCUT2D eigenvalue weighted by molar-refractivity contribution is 5.91. The van der Waals surface area contributed by atoms with Crippen molar-refractivity contribution in [2.45, 2.75) is 13.0 Å². The summed E-state index contributed by atoms with van der Waals surface area (Å²) >= 11 is 0. The summed E-state index contributed by atoms with van der Waals surface area (Å²) in [5.74, 6) is 1.60. The van der Waals surface area contributed by atoms with Crippen LogP contribution >= 0.6 is 0 Å². The van der Waals surface area contributed by atoms with E-state index in [0.29, 0.717) is 0 Å². The van der Waals surface area contributed by atoms with Crippen LogP contribution in [0.1, 0.15) is 18.5 Å². The quantitative estimate of drug-likeness (QED) is 0.574. The molecule has 0 bridgehead atoms. The number of rotatable bonds is 4. The minimum Gasteiger partial charge on any atom is -0.497 e. The Labute approximate surface area is 146 Å². The first-order chi connectivity index (χ1) is 12.3. The fourth-order valence-corrected chi connectivity index (χ4v) is 3.19. The summed E-state index contributed by atoms with van der Waals surface area (Å²) in [5.41, 5.74) is 2.14. The number of aromatic nitrogens is 2. The van der Waals surface area contributed by atoms with E-state index in [-0.39, 0.29) is 6.04 Å². The molecular formula is C21H19N3O. The summed E-state index contributed by atoms with van der Waals surface area (Å²) in [6, 6.07) is 20.7. The second kappa shape index (κ2) is 6.40. The lowest BCUT2D eigenvalue weighted by atomic mass is 9.99. The molecule has 4 nitrogen and oxygen atoms in total. The van der Waals surface area contributed by atoms with Crippen molar-refractivity contribution in [1.82, 2.24) is 9.97 Å². The normalized spacial score (nSPS) is 12.2. The zero-order chi connectivity index (χ0) is 17.2. The van der Waals surface area contributed by atoms with Crippen LogP contribution in [0.4, 0.5) is 5.82 Å². The van der Waals surface area contributed by atoms with E-state index in [1.54, 1.807) is 13.4 Å². The van der Waals surface area contributed by atoms with Gasteiger partial charge < -0.3 is 10.1 Å². The molecule has 0 spiro atoms. The average Bonchev–Trinajstić information content (AvgIpc) is 2.67. The second-order valence-electron chi connectivity index (χ2n) is 6.04. The van der Waals surface area contributed by atoms with Crippen LogP contribution in [0.5, 0.6) is 5.75 Å². The fraction of sp³-hybridized carbons (Fsp3) is 0.143. The van der Waals surface area contributed by atoms with Gasteiger partial charge in [0, 0.05) is 5.39 Å². The van der Waals surface area contributed by atoms with Crippen molar-refractivity contribution in [2.24, 2.45) is 0 Å². The highest BCUT2D eigenvalue weighted by Crippen LogP contribution is 2.30. The maximum atomic E-state index is 5.34. The van der Waals surface area contributed by atoms with E-state index in [2.05, 4.69) is 64.7 Å². The Morgan fingerprint density at radius 1 is 0.920 bits per heavy atom. The van der Waals surface area contributed by atoms with Crippen molar-refractivity contribution in [3.8, 4) is 5.75 Å². The number of methoxy groups -OCH3 is 1. The van der Waals surface area contributed by atoms with Crippen LogP contribution in [-0.4, -0.2) is 17.1 Å². The minimum absolute atomic E-state index is 0.107. The van der Waals surface area contributed by atoms with Gasteiger partial charge in [0.25, 0.3) is 0 Å². The molecule has 1 atom stereocenters. The van der Waals surface area contributed by atoms with Gasteiger partial charge in [0.15, 0.2) is 0 Å². The third kappa shape index (κ3) is 2.87. The van der Waals surface area contributed by atoms with Gasteiger partial charge in [-0.25, -0.2) is 9.97 Å². The number of anilines is 1. The number of nitrogens with one attached hydrogen (secondary N) is 1. The van der Waals surface area contributed by atoms with Crippen LogP contribution in [0.3, 0.4) is 0 Å². The highest BCUT2D eigenvalue weighted by Gasteiger charge is 2.12. The zero-order valence-corrected chi connectivity index (χ0v) is 14.2. The van der Waals surface area contributed by atoms with E-state index >= 15 is 0 Å². The first-order valence-corrected chi connectivity index (χ1v) is 8.29. The first-order valence-electron chi connectivity index (χ1n) is 8.29. The van der Waals surface area contributed by atoms with Crippen molar-refractivity contribution in [3.05, 3.63) is 72.6 Å². The lowest BCUT2D eigenvalue weighted by molar-refractivity contribution is 0.415. The van der Waals surface area contributed by atoms with Gasteiger partial charge in [-0.05, 0) is 41.5 Å². The van der Waals surface area contributed by atoms with E-state index in [9.17, 15) is 0 Å². The molecule has 3 aromatic carbocycles. The van der Waals surface area contributed by atoms with E-state index in [1.165, 1.54) is 16.3 Å². The largest absolute Gasteiger partial charge is 0.497 e. The second-order valence-corrected chi connectivity index (χ2v) is 6.04. The number of ether oxygens (including phenoxy) is 1. The van der Waals surface area contributed by atoms with Crippen LogP contribution in [0, 0.1) is 0 Å². The fourth-order valence-electron chi connectivity index (χ4n) is 3.19. The summed E-state index contributed by atoms with van der Waals surface area (Å²) in [4.78, 5) is 8.79. The molecule has 0 radical (unpaired) electrons. The average molecular weight is 329 g/mol. The Morgan fingerprint density at radius 2 is 1.76 bits per heavy atom. The van der Waals surface area contributed by atoms with Gasteiger partial charge in [-0.1, -0.05) is 42.5 Å². The molecule has 1 N–H and O–H groups in total. The van der Waals surface area contributed by atoms with Crippen molar-refractivity contribution in [2.75, 3.05) is 12.4 Å². The molecular weight excluding hydrogens is 310 g/mol. The van der Waals surface area contributed by atoms with Crippen LogP contribution < -0.4 is 10.1 Å². The lowest BCUT2D eigenvalue weighted by Crippen LogP contribution is -2.09. The number of hydrogen-bond acceptors (Lipinski definition) is 4. The molecule has 0 fully saturated rings. The summed E-state index contributed by atoms with van der Waals surface area (Å²) in [5, 5.41) is 6.98. The van der Waals surface area contributed by atoms with Gasteiger partial charge >= 0.3 is 0 Å². The van der Waals surface area contributed by atoms with Gasteiger partial charge in [0.05, 0.1) is 18.7 Å². The van der Waals surface area contributed by atoms with Gasteiger partial charge in [0.1, 0.15) is 17.9 Å². The van der Waals surface area contributed by atoms with E-state index in [4.69, 9.17) is 4.74 Å². The first kappa shape index (κ1) is 15.4. The maximum absolute atomic E-state index is 5.34. The summed E-state index contributed by atoms with van der Waals surface area (Å²) in [6.07, 6.45) is 1.59. The third-order valence-electron chi connectivity index (χ3n) is 4.49. The van der Waals surface area contributed by atoms with Crippen molar-refractivity contribution in [1.29, 1.82) is 0 Å². The molecule has 0 aliphatic carbocycles. The van der Waals surface area contributed by atoms with E-state index in [1.807, 2.05) is 18.2 Å². The SMILES string of the molecule is COc1ccc2ncnc(N[C@H](C)c3cccc4ccccc34)c2c1. The monoisotopic (exact) mass is 329 g/mol. The Balaban J connectivity index is 1.75. The standard InChI is InChI=1S/C21H19N3O/c1-14(17-9-5-7-15-6-3-4-8-18(15)17)24-21-19-12-16(25-2)10-11-20(19)22-13-23-21/h3-14H,1-2H3,(H,22,23,24)/t14-/m1/s1. The van der Waals surface area contributed by atoms with E-state index in [0.717, 1.165) is 22.5 Å². The van der Waals surface area contributed by atoms with Crippen LogP contribution in [0.2, 0.25) is 0 Å². The molecule has 124 valence electrons. The molecule has 0 saturated carbocycles. The molecule has 4 heteroatoms. The summed E-state index contributed by atoms with van der Waals surface area (Å²) in [7, 11) is 1.66. The molecule has 1 heterocycles. The third-order valence-corrected chi connectivity index (χ3v) is 4.49. The molecule has 0 unspecified atom stereocenters. The van der Waals surface area contributed by atoms with Crippen LogP contribution in [-0.2, 0) is 0 Å². The molecule has 4 aromatic rings. The van der Waals surface area contributed by atoms with E-state index < -0.39 is 0 Å². The Hall–Kier alpha value is -3.14. The van der Waals surface area contributed by atoms with Crippen molar-refractivity contribution in [3.63, 3.8) is 0 Å². The molecule has 0 amide bonds. The number of fused-ring (bicyclic) bond motifs is 2. The Morgan fingerprint density at radius 3 is 2.64 bits per heavy atom. The number of hydrogen-bond donors (Lipinski definition) is 1. The molecule has 25 heavy (non-hydrogen) atoms. The van der Waals surface area contributed by atoms with Crippen molar-refractivity contribution >= 4 is 27.5 Å². The van der Waals surface area contributed by atoms with Crippen LogP contribution in [0.25, 0.3) is 21.7 Å². The Bertz CT molecular complexity index is 1040. The lowest BCUT2D eigenvalue weighted by Gasteiger charge is -2.18. The number of nitrogens with zero attached hydrogens (tertiary/aromatic N) is 2. The molecule has 0 aliphatic heterocycles. The summed E-state index contributed by atoms with van der Waals surface area (Å²) in [6.45, 7) is 2.15. The minimum atomic E-state index is 0.107. The van der Waals surface area contributed by atoms with Gasteiger partial charge in [0.2, 0.25) is 0 Å². The molecule has 1 aromatic heterocycles. The predicted molar refractivity (Wildman–Crippen MR) is 102 cm³/mol. The molecule has 4 rings (SSSR count). The predicted octanol–water partition coefficient (Wildman–Crippen LogP) is 4.96. The molecule has 0 saturated heterocycles. The van der Waals surface area contributed by atoms with Gasteiger partial charge in [-0.3, -0.25) is 0 Å². The molecule has 0 aliphatic rings. The zero-order valence-electron chi connectivity index (χ0n) is 14.2. The smallest absolute Gasteiger partial charge is 0.137 e. The highest BCUT2D eigenvalue weighted by atomic mass is 16.5. The van der Waals surface area contributed by atoms with Crippen molar-refractivity contribution < 1.29 is 4.74 Å². The number of benzene rings is 3. The summed E-state index contributed by atoms with van der Waals surface area (Å²) < 4.78 is 5.34. The van der Waals surface area contributed by atoms with Gasteiger partial charge in [-0.15, -0.1) is 0 Å². The topological polar surface area (TPSA) is 47.0 Å². The van der Waals surface area contributed by atoms with Crippen LogP contribution in [0.15, 0.2) is 67.0 Å². The maximum Gasteiger partial charge on any atom is 0.137 e. The Kier molecular flexibility index (Phi) is 3.94.